The monoisotopic (exact) mass is 481 g/mol. The van der Waals surface area contributed by atoms with Crippen LogP contribution in [0.5, 0.6) is 11.5 Å². The third-order valence-electron chi connectivity index (χ3n) is 4.11. The lowest BCUT2D eigenvalue weighted by atomic mass is 10.3. The first-order chi connectivity index (χ1) is 15.5. The summed E-state index contributed by atoms with van der Waals surface area (Å²) in [5.41, 5.74) is 1.47. The SMILES string of the molecule is COc1cccnc1CSCCN/C(=C/[N+](=O)[O-])NCCS(=O)Cc1ncccc1OC. The van der Waals surface area contributed by atoms with Gasteiger partial charge in [0, 0.05) is 53.5 Å². The summed E-state index contributed by atoms with van der Waals surface area (Å²) in [6, 6.07) is 7.19. The Bertz CT molecular complexity index is 929. The van der Waals surface area contributed by atoms with Crippen LogP contribution in [0.4, 0.5) is 0 Å². The van der Waals surface area contributed by atoms with E-state index >= 15 is 0 Å². The molecule has 0 spiro atoms. The van der Waals surface area contributed by atoms with Crippen molar-refractivity contribution in [3.63, 3.8) is 0 Å². The van der Waals surface area contributed by atoms with Crippen LogP contribution in [-0.2, 0) is 22.3 Å². The molecule has 10 nitrogen and oxygen atoms in total. The minimum atomic E-state index is -1.20. The zero-order valence-corrected chi connectivity index (χ0v) is 19.6. The number of rotatable bonds is 15. The number of thioether (sulfide) groups is 1. The average Bonchev–Trinajstić information content (AvgIpc) is 2.79. The van der Waals surface area contributed by atoms with Crippen LogP contribution >= 0.6 is 11.8 Å². The van der Waals surface area contributed by atoms with Crippen LogP contribution in [0.15, 0.2) is 48.7 Å². The predicted octanol–water partition coefficient (Wildman–Crippen LogP) is 1.93. The Morgan fingerprint density at radius 2 is 1.75 bits per heavy atom. The lowest BCUT2D eigenvalue weighted by molar-refractivity contribution is -0.404. The molecule has 2 aromatic heterocycles. The van der Waals surface area contributed by atoms with E-state index in [1.165, 1.54) is 7.11 Å². The Kier molecular flexibility index (Phi) is 11.3. The van der Waals surface area contributed by atoms with Gasteiger partial charge in [0.1, 0.15) is 11.5 Å². The fraction of sp³-hybridized carbons (Fsp3) is 0.400. The van der Waals surface area contributed by atoms with E-state index in [1.807, 2.05) is 12.1 Å². The lowest BCUT2D eigenvalue weighted by Gasteiger charge is -2.12. The molecular formula is C20H27N5O5S2. The van der Waals surface area contributed by atoms with Crippen LogP contribution < -0.4 is 20.1 Å². The van der Waals surface area contributed by atoms with E-state index in [0.29, 0.717) is 41.8 Å². The molecule has 0 saturated heterocycles. The predicted molar refractivity (Wildman–Crippen MR) is 126 cm³/mol. The molecule has 32 heavy (non-hydrogen) atoms. The Labute approximate surface area is 193 Å². The molecule has 0 fully saturated rings. The Balaban J connectivity index is 1.73. The Morgan fingerprint density at radius 1 is 1.12 bits per heavy atom. The van der Waals surface area contributed by atoms with E-state index in [2.05, 4.69) is 20.6 Å². The summed E-state index contributed by atoms with van der Waals surface area (Å²) in [6.07, 6.45) is 4.21. The molecular weight excluding hydrogens is 454 g/mol. The van der Waals surface area contributed by atoms with Gasteiger partial charge in [-0.05, 0) is 24.3 Å². The van der Waals surface area contributed by atoms with Gasteiger partial charge >= 0.3 is 0 Å². The normalized spacial score (nSPS) is 12.1. The van der Waals surface area contributed by atoms with Crippen LogP contribution in [-0.4, -0.2) is 57.9 Å². The van der Waals surface area contributed by atoms with Gasteiger partial charge in [-0.15, -0.1) is 0 Å². The van der Waals surface area contributed by atoms with E-state index in [9.17, 15) is 14.3 Å². The maximum atomic E-state index is 12.4. The molecule has 0 radical (unpaired) electrons. The van der Waals surface area contributed by atoms with Gasteiger partial charge < -0.3 is 20.1 Å². The minimum absolute atomic E-state index is 0.251. The van der Waals surface area contributed by atoms with Gasteiger partial charge in [-0.1, -0.05) is 0 Å². The molecule has 2 rings (SSSR count). The molecule has 0 aliphatic heterocycles. The van der Waals surface area contributed by atoms with Crippen molar-refractivity contribution in [3.8, 4) is 11.5 Å². The number of nitro groups is 1. The molecule has 2 heterocycles. The van der Waals surface area contributed by atoms with Crippen molar-refractivity contribution >= 4 is 22.6 Å². The molecule has 1 atom stereocenters. The molecule has 0 amide bonds. The van der Waals surface area contributed by atoms with Gasteiger partial charge in [0.25, 0.3) is 6.20 Å². The number of pyridine rings is 2. The summed E-state index contributed by atoms with van der Waals surface area (Å²) in [6.45, 7) is 0.827. The summed E-state index contributed by atoms with van der Waals surface area (Å²) in [7, 11) is 1.94. The van der Waals surface area contributed by atoms with Gasteiger partial charge in [0.15, 0.2) is 5.82 Å². The summed E-state index contributed by atoms with van der Waals surface area (Å²) in [4.78, 5) is 18.9. The number of hydrogen-bond donors (Lipinski definition) is 2. The number of aromatic nitrogens is 2. The summed E-state index contributed by atoms with van der Waals surface area (Å²) in [5, 5.41) is 16.9. The second-order valence-electron chi connectivity index (χ2n) is 6.33. The fourth-order valence-corrected chi connectivity index (χ4v) is 4.44. The molecule has 12 heteroatoms. The molecule has 1 unspecified atom stereocenters. The highest BCUT2D eigenvalue weighted by Gasteiger charge is 2.10. The molecule has 2 N–H and O–H groups in total. The average molecular weight is 482 g/mol. The first-order valence-electron chi connectivity index (χ1n) is 9.75. The van der Waals surface area contributed by atoms with E-state index in [4.69, 9.17) is 9.47 Å². The second-order valence-corrected chi connectivity index (χ2v) is 9.01. The molecule has 0 aliphatic rings. The highest BCUT2D eigenvalue weighted by Crippen LogP contribution is 2.20. The van der Waals surface area contributed by atoms with Crippen molar-refractivity contribution in [2.45, 2.75) is 11.5 Å². The van der Waals surface area contributed by atoms with Crippen LogP contribution in [0, 0.1) is 10.1 Å². The van der Waals surface area contributed by atoms with Gasteiger partial charge in [-0.25, -0.2) is 0 Å². The van der Waals surface area contributed by atoms with Crippen molar-refractivity contribution in [3.05, 3.63) is 70.2 Å². The number of methoxy groups -OCH3 is 2. The Hall–Kier alpha value is -2.86. The van der Waals surface area contributed by atoms with Crippen LogP contribution in [0.1, 0.15) is 11.4 Å². The molecule has 0 bridgehead atoms. The largest absolute Gasteiger partial charge is 0.495 e. The molecule has 0 saturated carbocycles. The smallest absolute Gasteiger partial charge is 0.274 e. The highest BCUT2D eigenvalue weighted by molar-refractivity contribution is 7.98. The first kappa shape index (κ1) is 25.4. The second kappa shape index (κ2) is 14.2. The maximum Gasteiger partial charge on any atom is 0.274 e. The quantitative estimate of drug-likeness (QED) is 0.221. The van der Waals surface area contributed by atoms with Crippen molar-refractivity contribution in [1.29, 1.82) is 0 Å². The van der Waals surface area contributed by atoms with E-state index in [1.54, 1.807) is 43.4 Å². The van der Waals surface area contributed by atoms with Crippen molar-refractivity contribution in [2.24, 2.45) is 0 Å². The Morgan fingerprint density at radius 3 is 2.41 bits per heavy atom. The summed E-state index contributed by atoms with van der Waals surface area (Å²) >= 11 is 1.63. The van der Waals surface area contributed by atoms with Crippen molar-refractivity contribution < 1.29 is 18.6 Å². The van der Waals surface area contributed by atoms with Crippen LogP contribution in [0.25, 0.3) is 0 Å². The lowest BCUT2D eigenvalue weighted by Crippen LogP contribution is -2.31. The van der Waals surface area contributed by atoms with Gasteiger partial charge in [-0.3, -0.25) is 24.3 Å². The standard InChI is InChI=1S/C20H27N5O5S2/c1-29-18-5-3-7-21-16(18)14-31-11-9-23-20(13-25(26)27)24-10-12-32(28)15-17-19(30-2)6-4-8-22-17/h3-8,13,23-24H,9-12,14-15H2,1-2H3/b20-13-. The molecule has 174 valence electrons. The highest BCUT2D eigenvalue weighted by atomic mass is 32.2. The molecule has 2 aromatic rings. The fourth-order valence-electron chi connectivity index (χ4n) is 2.65. The van der Waals surface area contributed by atoms with Crippen LogP contribution in [0.2, 0.25) is 0 Å². The van der Waals surface area contributed by atoms with Gasteiger partial charge in [0.05, 0.1) is 36.3 Å². The topological polar surface area (TPSA) is 129 Å². The zero-order chi connectivity index (χ0) is 23.2. The summed E-state index contributed by atoms with van der Waals surface area (Å²) < 4.78 is 22.8. The van der Waals surface area contributed by atoms with E-state index in [-0.39, 0.29) is 11.6 Å². The number of hydrogen-bond acceptors (Lipinski definition) is 10. The van der Waals surface area contributed by atoms with Crippen molar-refractivity contribution in [2.75, 3.05) is 38.8 Å². The van der Waals surface area contributed by atoms with Gasteiger partial charge in [-0.2, -0.15) is 11.8 Å². The number of nitrogens with zero attached hydrogens (tertiary/aromatic N) is 3. The van der Waals surface area contributed by atoms with Gasteiger partial charge in [0.2, 0.25) is 0 Å². The van der Waals surface area contributed by atoms with Crippen LogP contribution in [0.3, 0.4) is 0 Å². The third kappa shape index (κ3) is 9.10. The maximum absolute atomic E-state index is 12.4. The molecule has 0 aliphatic carbocycles. The number of ether oxygens (including phenoxy) is 2. The third-order valence-corrected chi connectivity index (χ3v) is 6.34. The minimum Gasteiger partial charge on any atom is -0.495 e. The summed E-state index contributed by atoms with van der Waals surface area (Å²) in [5.74, 6) is 3.54. The number of nitrogens with one attached hydrogen (secondary N) is 2. The van der Waals surface area contributed by atoms with Crippen molar-refractivity contribution in [1.82, 2.24) is 20.6 Å². The first-order valence-corrected chi connectivity index (χ1v) is 12.4. The molecule has 0 aromatic carbocycles. The van der Waals surface area contributed by atoms with E-state index in [0.717, 1.165) is 17.6 Å². The van der Waals surface area contributed by atoms with E-state index < -0.39 is 15.7 Å². The zero-order valence-electron chi connectivity index (χ0n) is 18.0.